The lowest BCUT2D eigenvalue weighted by Crippen LogP contribution is -2.42. The van der Waals surface area contributed by atoms with Gasteiger partial charge in [0.2, 0.25) is 0 Å². The summed E-state index contributed by atoms with van der Waals surface area (Å²) in [4.78, 5) is 4.08. The molecule has 3 rings (SSSR count). The molecular weight excluding hydrogens is 573 g/mol. The van der Waals surface area contributed by atoms with Crippen molar-refractivity contribution in [3.8, 4) is 17.2 Å². The first-order chi connectivity index (χ1) is 18.3. The number of nitrogens with zero attached hydrogens (tertiary/aromatic N) is 2. The number of aliphatic hydroxyl groups is 1. The standard InChI is InChI=1S/C24H17F11N2O3/c25-21(26,27)19-11-17(7-8-36-19)39-16-5-2-4-15(10-16)37(13-20(38)22(28,29)30)12-14-3-1-6-18(9-14)40-24(34,35)23(31,32)33/h1-11,20,38H,12-13H2. The molecule has 0 aliphatic carbocycles. The van der Waals surface area contributed by atoms with Gasteiger partial charge in [0.05, 0.1) is 6.54 Å². The predicted octanol–water partition coefficient (Wildman–Crippen LogP) is 7.36. The molecular formula is C24H17F11N2O3. The van der Waals surface area contributed by atoms with Gasteiger partial charge in [-0.25, -0.2) is 0 Å². The lowest BCUT2D eigenvalue weighted by atomic mass is 10.1. The van der Waals surface area contributed by atoms with Crippen molar-refractivity contribution >= 4 is 5.69 Å². The summed E-state index contributed by atoms with van der Waals surface area (Å²) < 4.78 is 151. The number of hydrogen-bond donors (Lipinski definition) is 1. The van der Waals surface area contributed by atoms with Crippen LogP contribution in [0.1, 0.15) is 11.3 Å². The lowest BCUT2D eigenvalue weighted by Gasteiger charge is -2.29. The number of benzene rings is 2. The molecule has 0 aliphatic rings. The molecule has 0 saturated carbocycles. The van der Waals surface area contributed by atoms with Crippen molar-refractivity contribution in [3.63, 3.8) is 0 Å². The molecule has 40 heavy (non-hydrogen) atoms. The molecule has 1 heterocycles. The molecule has 1 N–H and O–H groups in total. The van der Waals surface area contributed by atoms with E-state index in [4.69, 9.17) is 4.74 Å². The monoisotopic (exact) mass is 590 g/mol. The second-order valence-electron chi connectivity index (χ2n) is 8.18. The highest BCUT2D eigenvalue weighted by molar-refractivity contribution is 5.52. The summed E-state index contributed by atoms with van der Waals surface area (Å²) in [7, 11) is 0. The van der Waals surface area contributed by atoms with Crippen LogP contribution in [0, 0.1) is 0 Å². The largest absolute Gasteiger partial charge is 0.499 e. The third-order valence-electron chi connectivity index (χ3n) is 5.06. The van der Waals surface area contributed by atoms with Gasteiger partial charge in [-0.2, -0.15) is 48.3 Å². The minimum Gasteiger partial charge on any atom is -0.457 e. The predicted molar refractivity (Wildman–Crippen MR) is 117 cm³/mol. The van der Waals surface area contributed by atoms with E-state index in [0.717, 1.165) is 41.4 Å². The van der Waals surface area contributed by atoms with Crippen LogP contribution in [-0.4, -0.2) is 41.2 Å². The molecule has 0 fully saturated rings. The second-order valence-corrected chi connectivity index (χ2v) is 8.18. The molecule has 1 atom stereocenters. The van der Waals surface area contributed by atoms with E-state index in [1.807, 2.05) is 0 Å². The van der Waals surface area contributed by atoms with Crippen LogP contribution in [0.15, 0.2) is 66.9 Å². The van der Waals surface area contributed by atoms with Gasteiger partial charge in [-0.15, -0.1) is 0 Å². The van der Waals surface area contributed by atoms with Crippen LogP contribution in [0.5, 0.6) is 17.2 Å². The molecule has 218 valence electrons. The minimum absolute atomic E-state index is 0.0714. The van der Waals surface area contributed by atoms with Crippen LogP contribution in [0.4, 0.5) is 54.0 Å². The summed E-state index contributed by atoms with van der Waals surface area (Å²) in [5.74, 6) is -1.38. The van der Waals surface area contributed by atoms with Crippen LogP contribution in [-0.2, 0) is 12.7 Å². The highest BCUT2D eigenvalue weighted by Crippen LogP contribution is 2.38. The molecule has 16 heteroatoms. The molecule has 2 aromatic carbocycles. The number of ether oxygens (including phenoxy) is 2. The molecule has 5 nitrogen and oxygen atoms in total. The second kappa shape index (κ2) is 11.3. The number of aliphatic hydroxyl groups excluding tert-OH is 1. The SMILES string of the molecule is OC(CN(Cc1cccc(OC(F)(F)C(F)(F)F)c1)c1cccc(Oc2ccnc(C(F)(F)F)c2)c1)C(F)(F)F. The van der Waals surface area contributed by atoms with Crippen molar-refractivity contribution in [3.05, 3.63) is 78.1 Å². The van der Waals surface area contributed by atoms with E-state index in [2.05, 4.69) is 9.72 Å². The van der Waals surface area contributed by atoms with Gasteiger partial charge in [0, 0.05) is 30.6 Å². The first-order valence-corrected chi connectivity index (χ1v) is 10.9. The zero-order valence-corrected chi connectivity index (χ0v) is 19.7. The molecule has 1 aromatic heterocycles. The van der Waals surface area contributed by atoms with Crippen molar-refractivity contribution in [2.24, 2.45) is 0 Å². The number of rotatable bonds is 9. The third kappa shape index (κ3) is 8.09. The Morgan fingerprint density at radius 3 is 2.02 bits per heavy atom. The Balaban J connectivity index is 1.90. The Kier molecular flexibility index (Phi) is 8.71. The van der Waals surface area contributed by atoms with Gasteiger partial charge in [0.15, 0.2) is 6.10 Å². The van der Waals surface area contributed by atoms with E-state index in [-0.39, 0.29) is 22.7 Å². The normalized spacial score (nSPS) is 13.6. The Morgan fingerprint density at radius 2 is 1.40 bits per heavy atom. The smallest absolute Gasteiger partial charge is 0.457 e. The molecule has 0 saturated heterocycles. The minimum atomic E-state index is -6.04. The van der Waals surface area contributed by atoms with Gasteiger partial charge in [-0.05, 0) is 35.9 Å². The topological polar surface area (TPSA) is 54.8 Å². The quantitative estimate of drug-likeness (QED) is 0.264. The molecule has 0 radical (unpaired) electrons. The molecule has 0 spiro atoms. The van der Waals surface area contributed by atoms with Crippen LogP contribution in [0.2, 0.25) is 0 Å². The lowest BCUT2D eigenvalue weighted by molar-refractivity contribution is -0.360. The van der Waals surface area contributed by atoms with Gasteiger partial charge < -0.3 is 19.5 Å². The van der Waals surface area contributed by atoms with Crippen molar-refractivity contribution in [2.45, 2.75) is 37.3 Å². The van der Waals surface area contributed by atoms with Crippen LogP contribution < -0.4 is 14.4 Å². The fraction of sp³-hybridized carbons (Fsp3) is 0.292. The fourth-order valence-corrected chi connectivity index (χ4v) is 3.22. The van der Waals surface area contributed by atoms with E-state index in [9.17, 15) is 53.4 Å². The van der Waals surface area contributed by atoms with Crippen molar-refractivity contribution in [1.29, 1.82) is 0 Å². The van der Waals surface area contributed by atoms with Gasteiger partial charge >= 0.3 is 24.6 Å². The van der Waals surface area contributed by atoms with Crippen LogP contribution in [0.25, 0.3) is 0 Å². The van der Waals surface area contributed by atoms with Crippen LogP contribution in [0.3, 0.4) is 0 Å². The van der Waals surface area contributed by atoms with Gasteiger partial charge in [0.25, 0.3) is 0 Å². The average Bonchev–Trinajstić information content (AvgIpc) is 2.82. The van der Waals surface area contributed by atoms with E-state index >= 15 is 0 Å². The summed E-state index contributed by atoms with van der Waals surface area (Å²) >= 11 is 0. The summed E-state index contributed by atoms with van der Waals surface area (Å²) in [6, 6.07) is 10.3. The zero-order chi connectivity index (χ0) is 29.9. The van der Waals surface area contributed by atoms with E-state index in [1.54, 1.807) is 0 Å². The number of halogens is 11. The van der Waals surface area contributed by atoms with Crippen molar-refractivity contribution in [2.75, 3.05) is 11.4 Å². The van der Waals surface area contributed by atoms with Gasteiger partial charge in [-0.1, -0.05) is 18.2 Å². The third-order valence-corrected chi connectivity index (χ3v) is 5.06. The summed E-state index contributed by atoms with van der Waals surface area (Å²) in [6.45, 7) is -1.68. The van der Waals surface area contributed by atoms with Crippen LogP contribution >= 0.6 is 0 Å². The number of hydrogen-bond acceptors (Lipinski definition) is 5. The maximum absolute atomic E-state index is 13.3. The van der Waals surface area contributed by atoms with Gasteiger partial charge in [0.1, 0.15) is 22.9 Å². The molecule has 1 unspecified atom stereocenters. The van der Waals surface area contributed by atoms with Crippen molar-refractivity contribution in [1.82, 2.24) is 4.98 Å². The maximum Gasteiger partial charge on any atom is 0.499 e. The highest BCUT2D eigenvalue weighted by atomic mass is 19.4. The summed E-state index contributed by atoms with van der Waals surface area (Å²) in [5, 5.41) is 9.64. The molecule has 0 amide bonds. The number of aromatic nitrogens is 1. The Labute approximate surface area is 218 Å². The summed E-state index contributed by atoms with van der Waals surface area (Å²) in [5.41, 5.74) is -1.42. The van der Waals surface area contributed by atoms with Crippen molar-refractivity contribution < 1.29 is 62.9 Å². The van der Waals surface area contributed by atoms with E-state index in [0.29, 0.717) is 6.07 Å². The van der Waals surface area contributed by atoms with E-state index in [1.165, 1.54) is 24.3 Å². The number of alkyl halides is 11. The fourth-order valence-electron chi connectivity index (χ4n) is 3.22. The molecule has 0 aliphatic heterocycles. The Morgan fingerprint density at radius 1 is 0.775 bits per heavy atom. The average molecular weight is 590 g/mol. The number of pyridine rings is 1. The molecule has 3 aromatic rings. The Hall–Kier alpha value is -3.82. The highest BCUT2D eigenvalue weighted by Gasteiger charge is 2.61. The first-order valence-electron chi connectivity index (χ1n) is 10.9. The maximum atomic E-state index is 13.3. The number of anilines is 1. The summed E-state index contributed by atoms with van der Waals surface area (Å²) in [6.07, 6.45) is -23.6. The first kappa shape index (κ1) is 30.7. The molecule has 0 bridgehead atoms. The van der Waals surface area contributed by atoms with Gasteiger partial charge in [-0.3, -0.25) is 4.98 Å². The van der Waals surface area contributed by atoms with E-state index < -0.39 is 55.3 Å². The Bertz CT molecular complexity index is 1290. The zero-order valence-electron chi connectivity index (χ0n) is 19.7.